The van der Waals surface area contributed by atoms with Crippen molar-refractivity contribution in [3.8, 4) is 78.9 Å². The van der Waals surface area contributed by atoms with Crippen LogP contribution in [-0.2, 0) is 0 Å². The van der Waals surface area contributed by atoms with Gasteiger partial charge in [-0.3, -0.25) is 0 Å². The van der Waals surface area contributed by atoms with Gasteiger partial charge >= 0.3 is 0 Å². The second-order valence-corrected chi connectivity index (χ2v) is 19.6. The lowest BCUT2D eigenvalue weighted by Gasteiger charge is -2.26. The molecule has 0 atom stereocenters. The van der Waals surface area contributed by atoms with Crippen molar-refractivity contribution < 1.29 is 0 Å². The number of nitrogens with zero attached hydrogens (tertiary/aromatic N) is 6. The maximum Gasteiger partial charge on any atom is 0.101 e. The molecular formula is C74H48N6. The summed E-state index contributed by atoms with van der Waals surface area (Å²) in [7, 11) is 0. The standard InChI is InChI=1S/C74H48N6/c75-49-61-45-71-72(46-62(61)50-76)78-74-48-70(60-31-43-68(44-32-60)80(65-37-25-57(26-38-65)53-17-9-3-10-18-53)66-39-27-58(28-40-66)54-19-11-4-12-20-54)69(47-73(74)77-71)59-29-41-67(42-30-59)79(63-33-21-55(22-34-63)51-13-5-1-6-14-51)64-35-23-56(24-36-64)52-15-7-2-8-16-52/h1-48H. The molecule has 0 unspecified atom stereocenters. The molecule has 0 aliphatic heterocycles. The van der Waals surface area contributed by atoms with Crippen LogP contribution in [0.25, 0.3) is 88.8 Å². The van der Waals surface area contributed by atoms with Crippen molar-refractivity contribution in [1.82, 2.24) is 9.97 Å². The van der Waals surface area contributed by atoms with Crippen LogP contribution in [0.1, 0.15) is 11.1 Å². The van der Waals surface area contributed by atoms with E-state index >= 15 is 0 Å². The van der Waals surface area contributed by atoms with Crippen molar-refractivity contribution in [3.05, 3.63) is 302 Å². The fourth-order valence-electron chi connectivity index (χ4n) is 10.6. The van der Waals surface area contributed by atoms with Crippen molar-refractivity contribution in [1.29, 1.82) is 10.5 Å². The Balaban J connectivity index is 0.915. The Morgan fingerprint density at radius 3 is 0.650 bits per heavy atom. The largest absolute Gasteiger partial charge is 0.311 e. The van der Waals surface area contributed by atoms with Gasteiger partial charge in [-0.1, -0.05) is 194 Å². The summed E-state index contributed by atoms with van der Waals surface area (Å²) in [5, 5.41) is 19.9. The van der Waals surface area contributed by atoms with Crippen LogP contribution in [0.15, 0.2) is 291 Å². The highest BCUT2D eigenvalue weighted by molar-refractivity contribution is 5.97. The monoisotopic (exact) mass is 1020 g/mol. The molecule has 13 rings (SSSR count). The van der Waals surface area contributed by atoms with E-state index in [9.17, 15) is 10.5 Å². The van der Waals surface area contributed by atoms with Crippen molar-refractivity contribution in [2.75, 3.05) is 9.80 Å². The molecule has 0 spiro atoms. The first-order chi connectivity index (χ1) is 39.5. The summed E-state index contributed by atoms with van der Waals surface area (Å²) < 4.78 is 0. The molecule has 80 heavy (non-hydrogen) atoms. The van der Waals surface area contributed by atoms with Crippen molar-refractivity contribution in [2.24, 2.45) is 0 Å². The van der Waals surface area contributed by atoms with Gasteiger partial charge in [0.15, 0.2) is 0 Å². The molecule has 0 N–H and O–H groups in total. The van der Waals surface area contributed by atoms with Gasteiger partial charge in [-0.25, -0.2) is 9.97 Å². The van der Waals surface area contributed by atoms with Crippen LogP contribution in [0.2, 0.25) is 0 Å². The van der Waals surface area contributed by atoms with Crippen LogP contribution in [-0.4, -0.2) is 9.97 Å². The molecule has 374 valence electrons. The molecule has 0 saturated heterocycles. The van der Waals surface area contributed by atoms with E-state index in [0.717, 1.165) is 101 Å². The third-order valence-electron chi connectivity index (χ3n) is 14.8. The van der Waals surface area contributed by atoms with Crippen molar-refractivity contribution in [2.45, 2.75) is 0 Å². The first kappa shape index (κ1) is 48.5. The van der Waals surface area contributed by atoms with Crippen LogP contribution in [0.4, 0.5) is 34.1 Å². The van der Waals surface area contributed by atoms with E-state index in [1.807, 2.05) is 24.3 Å². The van der Waals surface area contributed by atoms with Gasteiger partial charge in [0.1, 0.15) is 12.1 Å². The minimum Gasteiger partial charge on any atom is -0.311 e. The van der Waals surface area contributed by atoms with E-state index in [4.69, 9.17) is 9.97 Å². The number of hydrogen-bond donors (Lipinski definition) is 0. The van der Waals surface area contributed by atoms with E-state index in [-0.39, 0.29) is 11.1 Å². The molecule has 0 radical (unpaired) electrons. The van der Waals surface area contributed by atoms with Gasteiger partial charge in [-0.2, -0.15) is 10.5 Å². The third-order valence-corrected chi connectivity index (χ3v) is 14.8. The molecule has 1 heterocycles. The predicted molar refractivity (Wildman–Crippen MR) is 328 cm³/mol. The number of hydrogen-bond acceptors (Lipinski definition) is 6. The second kappa shape index (κ2) is 21.4. The van der Waals surface area contributed by atoms with Crippen LogP contribution in [0.3, 0.4) is 0 Å². The summed E-state index contributed by atoms with van der Waals surface area (Å²) in [5.74, 6) is 0. The van der Waals surface area contributed by atoms with E-state index in [2.05, 4.69) is 277 Å². The molecule has 0 bridgehead atoms. The Morgan fingerprint density at radius 2 is 0.425 bits per heavy atom. The fraction of sp³-hybridized carbons (Fsp3) is 0. The van der Waals surface area contributed by atoms with Gasteiger partial charge in [-0.05, 0) is 164 Å². The van der Waals surface area contributed by atoms with E-state index < -0.39 is 0 Å². The second-order valence-electron chi connectivity index (χ2n) is 19.6. The molecule has 6 heteroatoms. The Labute approximate surface area is 465 Å². The molecule has 12 aromatic carbocycles. The highest BCUT2D eigenvalue weighted by Gasteiger charge is 2.19. The number of benzene rings is 12. The minimum atomic E-state index is 0.267. The lowest BCUT2D eigenvalue weighted by Crippen LogP contribution is -2.10. The van der Waals surface area contributed by atoms with Crippen LogP contribution in [0.5, 0.6) is 0 Å². The normalized spacial score (nSPS) is 11.0. The third kappa shape index (κ3) is 9.69. The zero-order chi connectivity index (χ0) is 53.8. The van der Waals surface area contributed by atoms with Crippen molar-refractivity contribution in [3.63, 3.8) is 0 Å². The average Bonchev–Trinajstić information content (AvgIpc) is 3.71. The van der Waals surface area contributed by atoms with Gasteiger partial charge in [0.05, 0.1) is 33.2 Å². The predicted octanol–water partition coefficient (Wildman–Crippen LogP) is 19.5. The molecule has 0 aliphatic rings. The lowest BCUT2D eigenvalue weighted by atomic mass is 9.93. The van der Waals surface area contributed by atoms with E-state index in [1.165, 1.54) is 0 Å². The quantitative estimate of drug-likeness (QED) is 0.113. The topological polar surface area (TPSA) is 79.8 Å². The van der Waals surface area contributed by atoms with Crippen molar-refractivity contribution >= 4 is 56.2 Å². The van der Waals surface area contributed by atoms with Gasteiger partial charge in [0.25, 0.3) is 0 Å². The number of aromatic nitrogens is 2. The lowest BCUT2D eigenvalue weighted by molar-refractivity contribution is 1.28. The Morgan fingerprint density at radius 1 is 0.225 bits per heavy atom. The number of fused-ring (bicyclic) bond motifs is 2. The highest BCUT2D eigenvalue weighted by atomic mass is 15.1. The summed E-state index contributed by atoms with van der Waals surface area (Å²) in [6.07, 6.45) is 0. The molecule has 1 aromatic heterocycles. The van der Waals surface area contributed by atoms with Crippen LogP contribution < -0.4 is 9.80 Å². The summed E-state index contributed by atoms with van der Waals surface area (Å²) in [5.41, 5.74) is 22.3. The average molecular weight is 1020 g/mol. The Kier molecular flexibility index (Phi) is 13.0. The zero-order valence-corrected chi connectivity index (χ0v) is 43.4. The fourth-order valence-corrected chi connectivity index (χ4v) is 10.6. The molecular weight excluding hydrogens is 973 g/mol. The van der Waals surface area contributed by atoms with E-state index in [0.29, 0.717) is 22.1 Å². The molecule has 13 aromatic rings. The maximum atomic E-state index is 9.94. The Hall–Kier alpha value is -11.2. The number of rotatable bonds is 12. The van der Waals surface area contributed by atoms with Gasteiger partial charge in [-0.15, -0.1) is 0 Å². The molecule has 0 aliphatic carbocycles. The van der Waals surface area contributed by atoms with Gasteiger partial charge in [0.2, 0.25) is 0 Å². The van der Waals surface area contributed by atoms with E-state index in [1.54, 1.807) is 12.1 Å². The zero-order valence-electron chi connectivity index (χ0n) is 43.4. The van der Waals surface area contributed by atoms with Crippen LogP contribution in [0, 0.1) is 22.7 Å². The summed E-state index contributed by atoms with van der Waals surface area (Å²) >= 11 is 0. The SMILES string of the molecule is N#Cc1cc2nc3cc(-c4ccc(N(c5ccc(-c6ccccc6)cc5)c5ccc(-c6ccccc6)cc5)cc4)c(-c4ccc(N(c5ccc(-c6ccccc6)cc5)c5ccc(-c6ccccc6)cc5)cc4)cc3nc2cc1C#N. The first-order valence-corrected chi connectivity index (χ1v) is 26.6. The minimum absolute atomic E-state index is 0.267. The number of anilines is 6. The molecule has 0 amide bonds. The summed E-state index contributed by atoms with van der Waals surface area (Å²) in [6, 6.07) is 106. The smallest absolute Gasteiger partial charge is 0.101 e. The maximum absolute atomic E-state index is 9.94. The summed E-state index contributed by atoms with van der Waals surface area (Å²) in [4.78, 5) is 14.8. The van der Waals surface area contributed by atoms with Crippen LogP contribution >= 0.6 is 0 Å². The summed E-state index contributed by atoms with van der Waals surface area (Å²) in [6.45, 7) is 0. The number of nitriles is 2. The highest BCUT2D eigenvalue weighted by Crippen LogP contribution is 2.43. The Bertz CT molecular complexity index is 3950. The van der Waals surface area contributed by atoms with Gasteiger partial charge < -0.3 is 9.80 Å². The molecule has 0 fully saturated rings. The molecule has 6 nitrogen and oxygen atoms in total. The first-order valence-electron chi connectivity index (χ1n) is 26.6. The van der Waals surface area contributed by atoms with Gasteiger partial charge in [0, 0.05) is 34.1 Å². The molecule has 0 saturated carbocycles.